The molecular formula is C16H15ClN2O4. The summed E-state index contributed by atoms with van der Waals surface area (Å²) in [6.07, 6.45) is -0.783. The van der Waals surface area contributed by atoms with Crippen molar-refractivity contribution in [3.63, 3.8) is 0 Å². The van der Waals surface area contributed by atoms with Gasteiger partial charge in [0.05, 0.1) is 4.92 Å². The number of benzene rings is 2. The Labute approximate surface area is 138 Å². The number of rotatable bonds is 5. The molecule has 1 atom stereocenters. The lowest BCUT2D eigenvalue weighted by Crippen LogP contribution is -2.30. The zero-order valence-corrected chi connectivity index (χ0v) is 13.3. The Hall–Kier alpha value is -2.60. The quantitative estimate of drug-likeness (QED) is 0.662. The molecule has 0 aliphatic rings. The maximum atomic E-state index is 12.1. The number of carbonyl (C=O) groups is 1. The molecule has 1 amide bonds. The minimum Gasteiger partial charge on any atom is -0.481 e. The topological polar surface area (TPSA) is 81.5 Å². The fourth-order valence-corrected chi connectivity index (χ4v) is 2.11. The summed E-state index contributed by atoms with van der Waals surface area (Å²) in [6.45, 7) is 3.22. The number of carbonyl (C=O) groups excluding carboxylic acids is 1. The molecule has 120 valence electrons. The van der Waals surface area contributed by atoms with Gasteiger partial charge >= 0.3 is 0 Å². The molecule has 0 aromatic heterocycles. The van der Waals surface area contributed by atoms with E-state index in [4.69, 9.17) is 16.3 Å². The first-order valence-electron chi connectivity index (χ1n) is 6.85. The van der Waals surface area contributed by atoms with Crippen LogP contribution in [0.2, 0.25) is 5.02 Å². The minimum atomic E-state index is -0.783. The molecule has 1 unspecified atom stereocenters. The molecule has 0 bridgehead atoms. The van der Waals surface area contributed by atoms with Crippen molar-refractivity contribution in [2.45, 2.75) is 20.0 Å². The Morgan fingerprint density at radius 3 is 2.70 bits per heavy atom. The third-order valence-corrected chi connectivity index (χ3v) is 3.39. The molecule has 1 N–H and O–H groups in total. The second-order valence-electron chi connectivity index (χ2n) is 4.97. The summed E-state index contributed by atoms with van der Waals surface area (Å²) in [5, 5.41) is 14.0. The van der Waals surface area contributed by atoms with Gasteiger partial charge in [-0.25, -0.2) is 0 Å². The number of halogens is 1. The van der Waals surface area contributed by atoms with Crippen LogP contribution in [-0.2, 0) is 4.79 Å². The predicted octanol–water partition coefficient (Wildman–Crippen LogP) is 3.96. The normalized spacial score (nSPS) is 11.6. The van der Waals surface area contributed by atoms with Gasteiger partial charge in [0, 0.05) is 22.3 Å². The number of aryl methyl sites for hydroxylation is 1. The number of ether oxygens (including phenoxy) is 1. The summed E-state index contributed by atoms with van der Waals surface area (Å²) in [5.74, 6) is 0.0539. The van der Waals surface area contributed by atoms with E-state index in [2.05, 4.69) is 5.32 Å². The number of hydrogen-bond acceptors (Lipinski definition) is 4. The maximum Gasteiger partial charge on any atom is 0.274 e. The highest BCUT2D eigenvalue weighted by molar-refractivity contribution is 6.30. The molecular weight excluding hydrogens is 320 g/mol. The fourth-order valence-electron chi connectivity index (χ4n) is 1.93. The zero-order chi connectivity index (χ0) is 17.0. The summed E-state index contributed by atoms with van der Waals surface area (Å²) >= 11 is 5.86. The van der Waals surface area contributed by atoms with Gasteiger partial charge in [0.15, 0.2) is 6.10 Å². The molecule has 0 saturated heterocycles. The summed E-state index contributed by atoms with van der Waals surface area (Å²) in [5.41, 5.74) is 0.816. The van der Waals surface area contributed by atoms with Gasteiger partial charge in [-0.3, -0.25) is 14.9 Å². The van der Waals surface area contributed by atoms with Crippen molar-refractivity contribution in [2.75, 3.05) is 5.32 Å². The first kappa shape index (κ1) is 16.8. The van der Waals surface area contributed by atoms with Crippen molar-refractivity contribution in [1.82, 2.24) is 0 Å². The average molecular weight is 335 g/mol. The molecule has 0 spiro atoms. The van der Waals surface area contributed by atoms with Crippen molar-refractivity contribution in [1.29, 1.82) is 0 Å². The van der Waals surface area contributed by atoms with E-state index in [9.17, 15) is 14.9 Å². The van der Waals surface area contributed by atoms with Crippen molar-refractivity contribution >= 4 is 28.9 Å². The van der Waals surface area contributed by atoms with Gasteiger partial charge < -0.3 is 10.1 Å². The third kappa shape index (κ3) is 4.43. The maximum absolute atomic E-state index is 12.1. The van der Waals surface area contributed by atoms with Gasteiger partial charge in [0.2, 0.25) is 0 Å². The van der Waals surface area contributed by atoms with Crippen LogP contribution < -0.4 is 10.1 Å². The van der Waals surface area contributed by atoms with Crippen LogP contribution in [0.15, 0.2) is 42.5 Å². The molecule has 0 aliphatic heterocycles. The van der Waals surface area contributed by atoms with E-state index in [-0.39, 0.29) is 5.69 Å². The molecule has 2 aromatic carbocycles. The molecule has 2 rings (SSSR count). The SMILES string of the molecule is Cc1ccc(NC(=O)C(C)Oc2cccc(Cl)c2)cc1[N+](=O)[O-]. The van der Waals surface area contributed by atoms with Gasteiger partial charge in [0.25, 0.3) is 11.6 Å². The number of hydrogen-bond donors (Lipinski definition) is 1. The monoisotopic (exact) mass is 334 g/mol. The van der Waals surface area contributed by atoms with Crippen molar-refractivity contribution in [2.24, 2.45) is 0 Å². The van der Waals surface area contributed by atoms with Crippen LogP contribution in [0, 0.1) is 17.0 Å². The van der Waals surface area contributed by atoms with Gasteiger partial charge in [0.1, 0.15) is 5.75 Å². The van der Waals surface area contributed by atoms with E-state index in [0.717, 1.165) is 0 Å². The molecule has 0 heterocycles. The Morgan fingerprint density at radius 1 is 1.30 bits per heavy atom. The fraction of sp³-hybridized carbons (Fsp3) is 0.188. The van der Waals surface area contributed by atoms with Gasteiger partial charge in [-0.2, -0.15) is 0 Å². The van der Waals surface area contributed by atoms with Gasteiger partial charge in [-0.1, -0.05) is 23.7 Å². The smallest absolute Gasteiger partial charge is 0.274 e. The highest BCUT2D eigenvalue weighted by atomic mass is 35.5. The predicted molar refractivity (Wildman–Crippen MR) is 88.0 cm³/mol. The van der Waals surface area contributed by atoms with E-state index in [1.807, 2.05) is 0 Å². The largest absolute Gasteiger partial charge is 0.481 e. The molecule has 2 aromatic rings. The lowest BCUT2D eigenvalue weighted by molar-refractivity contribution is -0.385. The van der Waals surface area contributed by atoms with Crippen molar-refractivity contribution in [3.05, 3.63) is 63.2 Å². The van der Waals surface area contributed by atoms with Crippen LogP contribution in [0.3, 0.4) is 0 Å². The molecule has 23 heavy (non-hydrogen) atoms. The van der Waals surface area contributed by atoms with E-state index in [0.29, 0.717) is 22.0 Å². The Bertz CT molecular complexity index is 749. The van der Waals surface area contributed by atoms with Crippen LogP contribution >= 0.6 is 11.6 Å². The standard InChI is InChI=1S/C16H15ClN2O4/c1-10-6-7-13(9-15(10)19(21)22)18-16(20)11(2)23-14-5-3-4-12(17)8-14/h3-9,11H,1-2H3,(H,18,20). The molecule has 7 heteroatoms. The van der Waals surface area contributed by atoms with Crippen molar-refractivity contribution < 1.29 is 14.5 Å². The average Bonchev–Trinajstić information content (AvgIpc) is 2.48. The van der Waals surface area contributed by atoms with E-state index >= 15 is 0 Å². The molecule has 0 aliphatic carbocycles. The number of nitro groups is 1. The molecule has 0 radical (unpaired) electrons. The van der Waals surface area contributed by atoms with E-state index in [1.165, 1.54) is 6.07 Å². The first-order chi connectivity index (χ1) is 10.9. The van der Waals surface area contributed by atoms with Gasteiger partial charge in [-0.15, -0.1) is 0 Å². The highest BCUT2D eigenvalue weighted by Gasteiger charge is 2.17. The molecule has 0 fully saturated rings. The van der Waals surface area contributed by atoms with Crippen molar-refractivity contribution in [3.8, 4) is 5.75 Å². The van der Waals surface area contributed by atoms with Crippen LogP contribution in [0.5, 0.6) is 5.75 Å². The molecule has 0 saturated carbocycles. The number of nitro benzene ring substituents is 1. The van der Waals surface area contributed by atoms with Gasteiger partial charge in [-0.05, 0) is 38.1 Å². The Morgan fingerprint density at radius 2 is 2.04 bits per heavy atom. The summed E-state index contributed by atoms with van der Waals surface area (Å²) in [7, 11) is 0. The van der Waals surface area contributed by atoms with E-state index in [1.54, 1.807) is 50.2 Å². The second kappa shape index (κ2) is 7.11. The molecule has 6 nitrogen and oxygen atoms in total. The van der Waals surface area contributed by atoms with Crippen LogP contribution in [0.4, 0.5) is 11.4 Å². The first-order valence-corrected chi connectivity index (χ1v) is 7.23. The summed E-state index contributed by atoms with van der Waals surface area (Å²) in [6, 6.07) is 11.2. The number of anilines is 1. The van der Waals surface area contributed by atoms with E-state index < -0.39 is 16.9 Å². The van der Waals surface area contributed by atoms with Crippen LogP contribution in [0.25, 0.3) is 0 Å². The number of nitrogens with zero attached hydrogens (tertiary/aromatic N) is 1. The Balaban J connectivity index is 2.06. The highest BCUT2D eigenvalue weighted by Crippen LogP contribution is 2.23. The summed E-state index contributed by atoms with van der Waals surface area (Å²) < 4.78 is 5.50. The zero-order valence-electron chi connectivity index (χ0n) is 12.6. The lowest BCUT2D eigenvalue weighted by atomic mass is 10.2. The van der Waals surface area contributed by atoms with Crippen LogP contribution in [0.1, 0.15) is 12.5 Å². The third-order valence-electron chi connectivity index (χ3n) is 3.15. The number of nitrogens with one attached hydrogen (secondary N) is 1. The number of amides is 1. The minimum absolute atomic E-state index is 0.0498. The Kier molecular flexibility index (Phi) is 5.18. The second-order valence-corrected chi connectivity index (χ2v) is 5.40. The lowest BCUT2D eigenvalue weighted by Gasteiger charge is -2.15. The summed E-state index contributed by atoms with van der Waals surface area (Å²) in [4.78, 5) is 22.6. The van der Waals surface area contributed by atoms with Crippen LogP contribution in [-0.4, -0.2) is 16.9 Å².